The van der Waals surface area contributed by atoms with E-state index in [1.165, 1.54) is 25.7 Å². The molecule has 2 N–H and O–H groups in total. The average Bonchev–Trinajstić information content (AvgIpc) is 2.70. The lowest BCUT2D eigenvalue weighted by molar-refractivity contribution is 0.551. The molecule has 0 saturated heterocycles. The maximum absolute atomic E-state index is 5.86. The topological polar surface area (TPSA) is 77.8 Å². The van der Waals surface area contributed by atoms with Crippen LogP contribution in [0.5, 0.6) is 0 Å². The second-order valence-corrected chi connectivity index (χ2v) is 5.50. The van der Waals surface area contributed by atoms with E-state index < -0.39 is 0 Å². The fraction of sp³-hybridized carbons (Fsp3) is 0.533. The van der Waals surface area contributed by atoms with Gasteiger partial charge in [-0.1, -0.05) is 25.7 Å². The normalized spacial score (nSPS) is 17.1. The molecule has 0 radical (unpaired) electrons. The summed E-state index contributed by atoms with van der Waals surface area (Å²) >= 11 is 0. The number of hydrogen-bond acceptors (Lipinski definition) is 5. The first-order chi connectivity index (χ1) is 9.74. The quantitative estimate of drug-likeness (QED) is 0.847. The van der Waals surface area contributed by atoms with Crippen molar-refractivity contribution in [1.82, 2.24) is 15.0 Å². The van der Waals surface area contributed by atoms with Gasteiger partial charge in [-0.2, -0.15) is 9.97 Å². The number of anilines is 1. The summed E-state index contributed by atoms with van der Waals surface area (Å²) in [6, 6.07) is 1.90. The van der Waals surface area contributed by atoms with E-state index in [-0.39, 0.29) is 5.95 Å². The molecule has 1 saturated carbocycles. The van der Waals surface area contributed by atoms with E-state index in [2.05, 4.69) is 15.0 Å². The molecule has 2 aromatic heterocycles. The minimum absolute atomic E-state index is 0.282. The van der Waals surface area contributed by atoms with Crippen molar-refractivity contribution in [2.75, 3.05) is 5.73 Å². The van der Waals surface area contributed by atoms with Crippen molar-refractivity contribution in [3.63, 3.8) is 0 Å². The summed E-state index contributed by atoms with van der Waals surface area (Å²) in [6.45, 7) is 1.98. The van der Waals surface area contributed by atoms with E-state index in [9.17, 15) is 0 Å². The van der Waals surface area contributed by atoms with Crippen molar-refractivity contribution >= 4 is 5.95 Å². The first-order valence-electron chi connectivity index (χ1n) is 7.30. The van der Waals surface area contributed by atoms with E-state index in [1.807, 2.05) is 13.0 Å². The molecule has 1 aliphatic rings. The Balaban J connectivity index is 1.96. The maximum Gasteiger partial charge on any atom is 0.223 e. The van der Waals surface area contributed by atoms with Gasteiger partial charge in [-0.15, -0.1) is 0 Å². The molecule has 5 nitrogen and oxygen atoms in total. The lowest BCUT2D eigenvalue weighted by atomic mass is 9.99. The molecule has 0 amide bonds. The Morgan fingerprint density at radius 1 is 1.10 bits per heavy atom. The van der Waals surface area contributed by atoms with E-state index in [4.69, 9.17) is 10.2 Å². The molecule has 2 heterocycles. The highest BCUT2D eigenvalue weighted by molar-refractivity contribution is 5.53. The predicted molar refractivity (Wildman–Crippen MR) is 77.1 cm³/mol. The van der Waals surface area contributed by atoms with Gasteiger partial charge < -0.3 is 10.2 Å². The highest BCUT2D eigenvalue weighted by atomic mass is 16.3. The highest BCUT2D eigenvalue weighted by Gasteiger charge is 2.20. The van der Waals surface area contributed by atoms with Crippen molar-refractivity contribution < 1.29 is 4.42 Å². The minimum atomic E-state index is 0.282. The van der Waals surface area contributed by atoms with Crippen LogP contribution in [0.4, 0.5) is 5.95 Å². The van der Waals surface area contributed by atoms with Gasteiger partial charge in [0.15, 0.2) is 5.76 Å². The second kappa shape index (κ2) is 5.61. The molecule has 0 bridgehead atoms. The van der Waals surface area contributed by atoms with Crippen LogP contribution < -0.4 is 5.73 Å². The molecule has 1 aliphatic carbocycles. The highest BCUT2D eigenvalue weighted by Crippen LogP contribution is 2.31. The number of nitrogen functional groups attached to an aromatic ring is 1. The van der Waals surface area contributed by atoms with Gasteiger partial charge in [-0.25, -0.2) is 4.98 Å². The lowest BCUT2D eigenvalue weighted by Crippen LogP contribution is -2.09. The number of aromatic nitrogens is 3. The minimum Gasteiger partial charge on any atom is -0.461 e. The molecular weight excluding hydrogens is 252 g/mol. The van der Waals surface area contributed by atoms with E-state index in [0.717, 1.165) is 24.2 Å². The standard InChI is InChI=1S/C15H20N4O/c1-10-8-9-20-12(10)14-17-13(18-15(16)19-14)11-6-4-2-3-5-7-11/h8-9,11H,2-7H2,1H3,(H2,16,17,18,19). The van der Waals surface area contributed by atoms with Gasteiger partial charge in [0.2, 0.25) is 11.8 Å². The van der Waals surface area contributed by atoms with Gasteiger partial charge in [-0.3, -0.25) is 0 Å². The second-order valence-electron chi connectivity index (χ2n) is 5.50. The third kappa shape index (κ3) is 2.66. The van der Waals surface area contributed by atoms with Crippen LogP contribution >= 0.6 is 0 Å². The van der Waals surface area contributed by atoms with Gasteiger partial charge in [0, 0.05) is 5.92 Å². The van der Waals surface area contributed by atoms with Gasteiger partial charge >= 0.3 is 0 Å². The molecule has 1 fully saturated rings. The molecule has 5 heteroatoms. The summed E-state index contributed by atoms with van der Waals surface area (Å²) in [7, 11) is 0. The zero-order valence-corrected chi connectivity index (χ0v) is 11.8. The van der Waals surface area contributed by atoms with Crippen molar-refractivity contribution in [2.24, 2.45) is 0 Å². The molecule has 0 aliphatic heterocycles. The van der Waals surface area contributed by atoms with Gasteiger partial charge in [-0.05, 0) is 31.4 Å². The summed E-state index contributed by atoms with van der Waals surface area (Å²) in [5, 5.41) is 0. The molecule has 3 rings (SSSR count). The molecule has 0 spiro atoms. The van der Waals surface area contributed by atoms with Crippen molar-refractivity contribution in [3.8, 4) is 11.6 Å². The third-order valence-corrected chi connectivity index (χ3v) is 3.96. The Kier molecular flexibility index (Phi) is 3.67. The number of furan rings is 1. The number of nitrogens with zero attached hydrogens (tertiary/aromatic N) is 3. The van der Waals surface area contributed by atoms with E-state index >= 15 is 0 Å². The zero-order chi connectivity index (χ0) is 13.9. The van der Waals surface area contributed by atoms with Gasteiger partial charge in [0.05, 0.1) is 6.26 Å². The lowest BCUT2D eigenvalue weighted by Gasteiger charge is -2.13. The smallest absolute Gasteiger partial charge is 0.223 e. The molecule has 0 atom stereocenters. The zero-order valence-electron chi connectivity index (χ0n) is 11.8. The third-order valence-electron chi connectivity index (χ3n) is 3.96. The molecule has 106 valence electrons. The largest absolute Gasteiger partial charge is 0.461 e. The molecule has 20 heavy (non-hydrogen) atoms. The molecular formula is C15H20N4O. The number of hydrogen-bond donors (Lipinski definition) is 1. The average molecular weight is 272 g/mol. The monoisotopic (exact) mass is 272 g/mol. The van der Waals surface area contributed by atoms with Crippen LogP contribution in [0.25, 0.3) is 11.6 Å². The van der Waals surface area contributed by atoms with Crippen LogP contribution in [0.2, 0.25) is 0 Å². The van der Waals surface area contributed by atoms with Crippen LogP contribution in [0, 0.1) is 6.92 Å². The summed E-state index contributed by atoms with van der Waals surface area (Å²) in [4.78, 5) is 13.2. The van der Waals surface area contributed by atoms with E-state index in [0.29, 0.717) is 17.5 Å². The maximum atomic E-state index is 5.86. The van der Waals surface area contributed by atoms with Crippen LogP contribution in [0.15, 0.2) is 16.7 Å². The first-order valence-corrected chi connectivity index (χ1v) is 7.30. The van der Waals surface area contributed by atoms with Crippen LogP contribution in [-0.4, -0.2) is 15.0 Å². The van der Waals surface area contributed by atoms with Crippen LogP contribution in [0.1, 0.15) is 55.8 Å². The van der Waals surface area contributed by atoms with Gasteiger partial charge in [0.1, 0.15) is 5.82 Å². The first kappa shape index (κ1) is 13.1. The Hall–Kier alpha value is -1.91. The summed E-state index contributed by atoms with van der Waals surface area (Å²) in [5.41, 5.74) is 6.87. The summed E-state index contributed by atoms with van der Waals surface area (Å²) in [6.07, 6.45) is 9.02. The fourth-order valence-electron chi connectivity index (χ4n) is 2.83. The SMILES string of the molecule is Cc1ccoc1-c1nc(N)nc(C2CCCCCC2)n1. The fourth-order valence-corrected chi connectivity index (χ4v) is 2.83. The molecule has 0 aromatic carbocycles. The number of nitrogens with two attached hydrogens (primary N) is 1. The van der Waals surface area contributed by atoms with Crippen molar-refractivity contribution in [1.29, 1.82) is 0 Å². The number of rotatable bonds is 2. The Bertz CT molecular complexity index is 585. The summed E-state index contributed by atoms with van der Waals surface area (Å²) in [5.74, 6) is 2.75. The Morgan fingerprint density at radius 2 is 1.85 bits per heavy atom. The summed E-state index contributed by atoms with van der Waals surface area (Å²) < 4.78 is 5.46. The van der Waals surface area contributed by atoms with E-state index in [1.54, 1.807) is 6.26 Å². The molecule has 0 unspecified atom stereocenters. The van der Waals surface area contributed by atoms with Gasteiger partial charge in [0.25, 0.3) is 0 Å². The molecule has 2 aromatic rings. The predicted octanol–water partition coefficient (Wildman–Crippen LogP) is 3.46. The van der Waals surface area contributed by atoms with Crippen LogP contribution in [-0.2, 0) is 0 Å². The Morgan fingerprint density at radius 3 is 2.50 bits per heavy atom. The Labute approximate surface area is 118 Å². The van der Waals surface area contributed by atoms with Crippen LogP contribution in [0.3, 0.4) is 0 Å². The van der Waals surface area contributed by atoms with Crippen molar-refractivity contribution in [3.05, 3.63) is 23.7 Å². The number of aryl methyl sites for hydroxylation is 1. The van der Waals surface area contributed by atoms with Crippen molar-refractivity contribution in [2.45, 2.75) is 51.4 Å².